The fraction of sp³-hybridized carbons (Fsp3) is 0.200. The number of nitrogens with one attached hydrogen (secondary N) is 1. The minimum Gasteiger partial charge on any atom is -0.452 e. The lowest BCUT2D eigenvalue weighted by molar-refractivity contribution is -0.384. The maximum absolute atomic E-state index is 12.4. The molecule has 31 heavy (non-hydrogen) atoms. The summed E-state index contributed by atoms with van der Waals surface area (Å²) in [5.74, 6) is -1.41. The van der Waals surface area contributed by atoms with Crippen molar-refractivity contribution in [1.82, 2.24) is 9.55 Å². The third-order valence-electron chi connectivity index (χ3n) is 4.38. The van der Waals surface area contributed by atoms with Gasteiger partial charge >= 0.3 is 5.97 Å². The summed E-state index contributed by atoms with van der Waals surface area (Å²) in [6.45, 7) is 1.38. The molecule has 1 aromatic heterocycles. The van der Waals surface area contributed by atoms with Crippen LogP contribution in [0.5, 0.6) is 0 Å². The molecule has 0 saturated carbocycles. The Kier molecular flexibility index (Phi) is 6.61. The molecular weight excluding hydrogens is 428 g/mol. The lowest BCUT2D eigenvalue weighted by Crippen LogP contribution is -2.31. The Morgan fingerprint density at radius 3 is 2.77 bits per heavy atom. The molecule has 0 aliphatic heterocycles. The van der Waals surface area contributed by atoms with Gasteiger partial charge in [0.05, 0.1) is 39.3 Å². The number of esters is 1. The minimum absolute atomic E-state index is 0.0255. The van der Waals surface area contributed by atoms with Crippen molar-refractivity contribution >= 4 is 45.8 Å². The lowest BCUT2D eigenvalue weighted by Gasteiger charge is -2.14. The largest absolute Gasteiger partial charge is 0.452 e. The molecule has 0 bridgehead atoms. The van der Waals surface area contributed by atoms with E-state index in [0.717, 1.165) is 6.07 Å². The first-order valence-electron chi connectivity index (χ1n) is 9.14. The number of benzene rings is 2. The summed E-state index contributed by atoms with van der Waals surface area (Å²) in [5.41, 5.74) is 0.0391. The number of non-ortho nitro benzene ring substituents is 1. The Bertz CT molecular complexity index is 1230. The third kappa shape index (κ3) is 5.23. The molecule has 1 heterocycles. The fourth-order valence-electron chi connectivity index (χ4n) is 2.74. The molecule has 3 aromatic rings. The summed E-state index contributed by atoms with van der Waals surface area (Å²) in [4.78, 5) is 51.2. The number of nitro groups is 1. The van der Waals surface area contributed by atoms with Crippen molar-refractivity contribution in [3.63, 3.8) is 0 Å². The zero-order valence-corrected chi connectivity index (χ0v) is 17.0. The number of carbonyl (C=O) groups is 2. The number of nitrogens with zero attached hydrogens (tertiary/aromatic N) is 3. The molecule has 1 unspecified atom stereocenters. The second-order valence-corrected chi connectivity index (χ2v) is 6.96. The first-order chi connectivity index (χ1) is 14.8. The van der Waals surface area contributed by atoms with Gasteiger partial charge < -0.3 is 10.1 Å². The normalized spacial score (nSPS) is 11.7. The van der Waals surface area contributed by atoms with Crippen LogP contribution in [0.3, 0.4) is 0 Å². The number of halogens is 1. The number of amides is 1. The number of ether oxygens (including phenoxy) is 1. The lowest BCUT2D eigenvalue weighted by atomic mass is 10.2. The van der Waals surface area contributed by atoms with Gasteiger partial charge in [-0.15, -0.1) is 0 Å². The van der Waals surface area contributed by atoms with Crippen LogP contribution in [0.4, 0.5) is 11.4 Å². The highest BCUT2D eigenvalue weighted by molar-refractivity contribution is 6.33. The summed E-state index contributed by atoms with van der Waals surface area (Å²) in [6, 6.07) is 10.4. The third-order valence-corrected chi connectivity index (χ3v) is 4.71. The number of aromatic nitrogens is 2. The SMILES string of the molecule is CC(OC(=O)CCn1cnc2ccccc2c1=O)C(=O)Nc1cc([N+](=O)[O-])ccc1Cl. The molecule has 160 valence electrons. The number of carbonyl (C=O) groups excluding carboxylic acids is 2. The van der Waals surface area contributed by atoms with Gasteiger partial charge in [0.25, 0.3) is 17.2 Å². The van der Waals surface area contributed by atoms with Crippen LogP contribution in [0.1, 0.15) is 13.3 Å². The number of aryl methyl sites for hydroxylation is 1. The van der Waals surface area contributed by atoms with Crippen LogP contribution >= 0.6 is 11.6 Å². The van der Waals surface area contributed by atoms with Crippen LogP contribution in [-0.2, 0) is 20.9 Å². The minimum atomic E-state index is -1.19. The summed E-state index contributed by atoms with van der Waals surface area (Å²) >= 11 is 5.95. The van der Waals surface area contributed by atoms with Crippen molar-refractivity contribution in [2.45, 2.75) is 26.0 Å². The molecule has 0 radical (unpaired) electrons. The van der Waals surface area contributed by atoms with Gasteiger partial charge in [-0.25, -0.2) is 4.98 Å². The van der Waals surface area contributed by atoms with Crippen LogP contribution in [0.2, 0.25) is 5.02 Å². The summed E-state index contributed by atoms with van der Waals surface area (Å²) in [7, 11) is 0. The Hall–Kier alpha value is -3.79. The standard InChI is InChI=1S/C20H17ClN4O6/c1-12(19(27)23-17-10-13(25(29)30)6-7-15(17)21)31-18(26)8-9-24-11-22-16-5-3-2-4-14(16)20(24)28/h2-7,10-12H,8-9H2,1H3,(H,23,27). The number of hydrogen-bond donors (Lipinski definition) is 1. The highest BCUT2D eigenvalue weighted by Gasteiger charge is 2.20. The van der Waals surface area contributed by atoms with E-state index in [1.807, 2.05) is 0 Å². The first kappa shape index (κ1) is 21.9. The molecule has 1 amide bonds. The average Bonchev–Trinajstić information content (AvgIpc) is 2.74. The molecule has 1 N–H and O–H groups in total. The van der Waals surface area contributed by atoms with E-state index in [9.17, 15) is 24.5 Å². The van der Waals surface area contributed by atoms with Crippen molar-refractivity contribution in [1.29, 1.82) is 0 Å². The Balaban J connectivity index is 1.59. The van der Waals surface area contributed by atoms with E-state index in [0.29, 0.717) is 10.9 Å². The van der Waals surface area contributed by atoms with Gasteiger partial charge in [-0.1, -0.05) is 23.7 Å². The van der Waals surface area contributed by atoms with Crippen molar-refractivity contribution in [3.05, 3.63) is 74.3 Å². The molecular formula is C20H17ClN4O6. The number of rotatable bonds is 7. The average molecular weight is 445 g/mol. The van der Waals surface area contributed by atoms with Gasteiger partial charge in [-0.3, -0.25) is 29.1 Å². The predicted molar refractivity (Wildman–Crippen MR) is 113 cm³/mol. The molecule has 2 aromatic carbocycles. The second kappa shape index (κ2) is 9.35. The second-order valence-electron chi connectivity index (χ2n) is 6.55. The van der Waals surface area contributed by atoms with Crippen LogP contribution in [-0.4, -0.2) is 32.5 Å². The summed E-state index contributed by atoms with van der Waals surface area (Å²) < 4.78 is 6.38. The smallest absolute Gasteiger partial charge is 0.308 e. The quantitative estimate of drug-likeness (QED) is 0.336. The van der Waals surface area contributed by atoms with E-state index in [1.54, 1.807) is 24.3 Å². The van der Waals surface area contributed by atoms with Crippen LogP contribution in [0, 0.1) is 10.1 Å². The zero-order chi connectivity index (χ0) is 22.5. The van der Waals surface area contributed by atoms with E-state index in [-0.39, 0.29) is 34.9 Å². The molecule has 0 fully saturated rings. The van der Waals surface area contributed by atoms with Crippen molar-refractivity contribution in [3.8, 4) is 0 Å². The van der Waals surface area contributed by atoms with Crippen LogP contribution in [0.25, 0.3) is 10.9 Å². The first-order valence-corrected chi connectivity index (χ1v) is 9.52. The highest BCUT2D eigenvalue weighted by atomic mass is 35.5. The predicted octanol–water partition coefficient (Wildman–Crippen LogP) is 2.92. The molecule has 10 nitrogen and oxygen atoms in total. The molecule has 0 spiro atoms. The number of para-hydroxylation sites is 1. The van der Waals surface area contributed by atoms with Gasteiger partial charge in [0.15, 0.2) is 6.10 Å². The Morgan fingerprint density at radius 1 is 1.29 bits per heavy atom. The maximum atomic E-state index is 12.4. The Morgan fingerprint density at radius 2 is 2.03 bits per heavy atom. The van der Waals surface area contributed by atoms with E-state index < -0.39 is 22.9 Å². The zero-order valence-electron chi connectivity index (χ0n) is 16.3. The maximum Gasteiger partial charge on any atom is 0.308 e. The molecule has 1 atom stereocenters. The van der Waals surface area contributed by atoms with Gasteiger partial charge in [-0.2, -0.15) is 0 Å². The summed E-state index contributed by atoms with van der Waals surface area (Å²) in [6.07, 6.45) is 0.00215. The molecule has 0 aliphatic carbocycles. The molecule has 0 saturated heterocycles. The van der Waals surface area contributed by atoms with Gasteiger partial charge in [0.2, 0.25) is 0 Å². The molecule has 3 rings (SSSR count). The Labute approximate surface area is 180 Å². The van der Waals surface area contributed by atoms with E-state index in [2.05, 4.69) is 10.3 Å². The van der Waals surface area contributed by atoms with Crippen molar-refractivity contribution < 1.29 is 19.2 Å². The monoisotopic (exact) mass is 444 g/mol. The van der Waals surface area contributed by atoms with Gasteiger partial charge in [-0.05, 0) is 25.1 Å². The summed E-state index contributed by atoms with van der Waals surface area (Å²) in [5, 5.41) is 13.8. The number of hydrogen-bond acceptors (Lipinski definition) is 7. The fourth-order valence-corrected chi connectivity index (χ4v) is 2.91. The van der Waals surface area contributed by atoms with E-state index in [1.165, 1.54) is 30.0 Å². The highest BCUT2D eigenvalue weighted by Crippen LogP contribution is 2.26. The number of nitro benzene ring substituents is 1. The number of anilines is 1. The molecule has 11 heteroatoms. The van der Waals surface area contributed by atoms with Crippen LogP contribution in [0.15, 0.2) is 53.6 Å². The van der Waals surface area contributed by atoms with E-state index >= 15 is 0 Å². The molecule has 0 aliphatic rings. The topological polar surface area (TPSA) is 133 Å². The van der Waals surface area contributed by atoms with Gasteiger partial charge in [0.1, 0.15) is 0 Å². The van der Waals surface area contributed by atoms with Crippen molar-refractivity contribution in [2.24, 2.45) is 0 Å². The van der Waals surface area contributed by atoms with E-state index in [4.69, 9.17) is 16.3 Å². The van der Waals surface area contributed by atoms with Gasteiger partial charge in [0, 0.05) is 18.7 Å². The van der Waals surface area contributed by atoms with Crippen molar-refractivity contribution in [2.75, 3.05) is 5.32 Å². The van der Waals surface area contributed by atoms with Crippen LogP contribution < -0.4 is 10.9 Å². The number of fused-ring (bicyclic) bond motifs is 1.